The highest BCUT2D eigenvalue weighted by atomic mass is 32.2. The minimum absolute atomic E-state index is 0.111. The van der Waals surface area contributed by atoms with Crippen LogP contribution in [0.1, 0.15) is 44.7 Å². The van der Waals surface area contributed by atoms with Crippen molar-refractivity contribution in [1.82, 2.24) is 15.0 Å². The van der Waals surface area contributed by atoms with E-state index in [9.17, 15) is 13.2 Å². The Morgan fingerprint density at radius 3 is 2.54 bits per heavy atom. The molecule has 3 aromatic rings. The average molecular weight is 520 g/mol. The summed E-state index contributed by atoms with van der Waals surface area (Å²) in [6.07, 6.45) is 8.78. The molecule has 3 fully saturated rings. The zero-order chi connectivity index (χ0) is 25.6. The van der Waals surface area contributed by atoms with E-state index in [2.05, 4.69) is 25.0 Å². The van der Waals surface area contributed by atoms with E-state index < -0.39 is 15.4 Å². The van der Waals surface area contributed by atoms with Crippen molar-refractivity contribution in [3.8, 4) is 17.1 Å². The molecule has 10 heteroatoms. The first-order valence-corrected chi connectivity index (χ1v) is 14.3. The third-order valence-corrected chi connectivity index (χ3v) is 9.41. The monoisotopic (exact) mass is 519 g/mol. The molecule has 2 unspecified atom stereocenters. The Kier molecular flexibility index (Phi) is 5.86. The van der Waals surface area contributed by atoms with Gasteiger partial charge >= 0.3 is 0 Å². The number of fused-ring (bicyclic) bond motifs is 1. The van der Waals surface area contributed by atoms with Gasteiger partial charge in [-0.1, -0.05) is 12.1 Å². The van der Waals surface area contributed by atoms with Crippen LogP contribution >= 0.6 is 0 Å². The van der Waals surface area contributed by atoms with Gasteiger partial charge in [-0.15, -0.1) is 0 Å². The smallest absolute Gasteiger partial charge is 0.236 e. The van der Waals surface area contributed by atoms with Crippen molar-refractivity contribution < 1.29 is 17.9 Å². The second-order valence-corrected chi connectivity index (χ2v) is 12.2. The highest BCUT2D eigenvalue weighted by Gasteiger charge is 2.59. The van der Waals surface area contributed by atoms with Gasteiger partial charge in [-0.05, 0) is 75.1 Å². The summed E-state index contributed by atoms with van der Waals surface area (Å²) in [6.45, 7) is 2.40. The lowest BCUT2D eigenvalue weighted by atomic mass is 9.78. The third-order valence-electron chi connectivity index (χ3n) is 7.54. The number of rotatable bonds is 9. The Morgan fingerprint density at radius 1 is 1.08 bits per heavy atom. The van der Waals surface area contributed by atoms with Gasteiger partial charge in [0, 0.05) is 17.4 Å². The minimum Gasteiger partial charge on any atom is -0.477 e. The molecular weight excluding hydrogens is 490 g/mol. The van der Waals surface area contributed by atoms with E-state index in [-0.39, 0.29) is 11.2 Å². The molecule has 37 heavy (non-hydrogen) atoms. The van der Waals surface area contributed by atoms with E-state index in [0.717, 1.165) is 12.0 Å². The van der Waals surface area contributed by atoms with Gasteiger partial charge in [0.1, 0.15) is 0 Å². The standard InChI is InChI=1S/C27H29N5O4S/c1-2-36-25-16-28-15-23(31-25)17-3-5-20(6-4-17)30-26(33)27(13-18-11-19(18)14-27)24-12-21(9-10-29-24)32-37(34,35)22-7-8-22/h3-6,9-10,12,15-16,18-19,22H,2,7-8,11,13-14H2,1H3,(H,29,32)(H,30,33). The molecule has 1 amide bonds. The first-order valence-electron chi connectivity index (χ1n) is 12.7. The fraction of sp³-hybridized carbons (Fsp3) is 0.407. The maximum Gasteiger partial charge on any atom is 0.236 e. The van der Waals surface area contributed by atoms with E-state index in [1.807, 2.05) is 31.2 Å². The quantitative estimate of drug-likeness (QED) is 0.435. The van der Waals surface area contributed by atoms with Crippen LogP contribution in [0.15, 0.2) is 55.0 Å². The fourth-order valence-corrected chi connectivity index (χ4v) is 6.74. The van der Waals surface area contributed by atoms with Gasteiger partial charge in [-0.3, -0.25) is 19.5 Å². The molecule has 0 bridgehead atoms. The van der Waals surface area contributed by atoms with Crippen LogP contribution in [-0.2, 0) is 20.2 Å². The van der Waals surface area contributed by atoms with Crippen molar-refractivity contribution in [2.75, 3.05) is 16.6 Å². The zero-order valence-corrected chi connectivity index (χ0v) is 21.4. The molecule has 3 aliphatic carbocycles. The van der Waals surface area contributed by atoms with Gasteiger partial charge in [0.05, 0.1) is 46.7 Å². The molecule has 1 aromatic carbocycles. The van der Waals surface area contributed by atoms with Crippen molar-refractivity contribution in [2.45, 2.75) is 49.7 Å². The molecule has 2 atom stereocenters. The Balaban J connectivity index is 1.22. The van der Waals surface area contributed by atoms with Crippen molar-refractivity contribution in [3.63, 3.8) is 0 Å². The predicted octanol–water partition coefficient (Wildman–Crippen LogP) is 4.15. The molecule has 2 heterocycles. The minimum atomic E-state index is -3.40. The second kappa shape index (κ2) is 9.09. The highest BCUT2D eigenvalue weighted by molar-refractivity contribution is 7.93. The predicted molar refractivity (Wildman–Crippen MR) is 140 cm³/mol. The molecule has 0 aliphatic heterocycles. The van der Waals surface area contributed by atoms with Crippen LogP contribution in [0, 0.1) is 11.8 Å². The lowest BCUT2D eigenvalue weighted by Crippen LogP contribution is -2.40. The number of pyridine rings is 1. The normalized spacial score (nSPS) is 24.2. The number of amides is 1. The molecule has 2 aromatic heterocycles. The van der Waals surface area contributed by atoms with Gasteiger partial charge < -0.3 is 10.1 Å². The molecule has 0 spiro atoms. The van der Waals surface area contributed by atoms with E-state index >= 15 is 0 Å². The SMILES string of the molecule is CCOc1cncc(-c2ccc(NC(=O)C3(c4cc(NS(=O)(=O)C5CC5)ccn4)CC4CC4C3)cc2)n1. The lowest BCUT2D eigenvalue weighted by molar-refractivity contribution is -0.121. The molecule has 2 N–H and O–H groups in total. The van der Waals surface area contributed by atoms with Gasteiger partial charge in [0.15, 0.2) is 0 Å². The summed E-state index contributed by atoms with van der Waals surface area (Å²) in [5.41, 5.74) is 2.52. The van der Waals surface area contributed by atoms with E-state index in [4.69, 9.17) is 4.74 Å². The molecule has 0 radical (unpaired) electrons. The summed E-state index contributed by atoms with van der Waals surface area (Å²) in [4.78, 5) is 27.0. The van der Waals surface area contributed by atoms with Crippen molar-refractivity contribution in [3.05, 3.63) is 60.7 Å². The number of aromatic nitrogens is 3. The topological polar surface area (TPSA) is 123 Å². The summed E-state index contributed by atoms with van der Waals surface area (Å²) >= 11 is 0. The summed E-state index contributed by atoms with van der Waals surface area (Å²) in [7, 11) is -3.40. The molecule has 6 rings (SSSR count). The Morgan fingerprint density at radius 2 is 1.84 bits per heavy atom. The molecular formula is C27H29N5O4S. The van der Waals surface area contributed by atoms with Crippen molar-refractivity contribution in [1.29, 1.82) is 0 Å². The van der Waals surface area contributed by atoms with Crippen LogP contribution in [0.5, 0.6) is 5.88 Å². The van der Waals surface area contributed by atoms with Crippen LogP contribution in [0.2, 0.25) is 0 Å². The Labute approximate surface area is 216 Å². The van der Waals surface area contributed by atoms with Gasteiger partial charge in [-0.25, -0.2) is 13.4 Å². The number of hydrogen-bond acceptors (Lipinski definition) is 7. The van der Waals surface area contributed by atoms with Gasteiger partial charge in [0.25, 0.3) is 0 Å². The average Bonchev–Trinajstić information content (AvgIpc) is 3.83. The molecule has 0 saturated heterocycles. The molecule has 9 nitrogen and oxygen atoms in total. The van der Waals surface area contributed by atoms with Crippen LogP contribution < -0.4 is 14.8 Å². The summed E-state index contributed by atoms with van der Waals surface area (Å²) in [5, 5.41) is 2.77. The number of nitrogens with one attached hydrogen (secondary N) is 2. The fourth-order valence-electron chi connectivity index (χ4n) is 5.36. The molecule has 192 valence electrons. The Hall–Kier alpha value is -3.53. The second-order valence-electron chi connectivity index (χ2n) is 10.2. The van der Waals surface area contributed by atoms with Gasteiger partial charge in [-0.2, -0.15) is 0 Å². The third kappa shape index (κ3) is 4.77. The van der Waals surface area contributed by atoms with E-state index in [0.29, 0.717) is 72.8 Å². The number of ether oxygens (including phenoxy) is 1. The summed E-state index contributed by atoms with van der Waals surface area (Å²) in [5.74, 6) is 1.38. The molecule has 3 saturated carbocycles. The lowest BCUT2D eigenvalue weighted by Gasteiger charge is -2.29. The van der Waals surface area contributed by atoms with E-state index in [1.165, 1.54) is 0 Å². The maximum absolute atomic E-state index is 13.8. The van der Waals surface area contributed by atoms with Crippen LogP contribution in [0.25, 0.3) is 11.3 Å². The number of sulfonamides is 1. The number of benzene rings is 1. The Bertz CT molecular complexity index is 1430. The maximum atomic E-state index is 13.8. The first kappa shape index (κ1) is 23.8. The van der Waals surface area contributed by atoms with Crippen LogP contribution in [-0.4, -0.2) is 41.1 Å². The van der Waals surface area contributed by atoms with Crippen LogP contribution in [0.3, 0.4) is 0 Å². The zero-order valence-electron chi connectivity index (χ0n) is 20.6. The number of anilines is 2. The number of nitrogens with zero attached hydrogens (tertiary/aromatic N) is 3. The number of carbonyl (C=O) groups is 1. The highest BCUT2D eigenvalue weighted by Crippen LogP contribution is 2.60. The summed E-state index contributed by atoms with van der Waals surface area (Å²) in [6, 6.07) is 10.8. The number of carbonyl (C=O) groups excluding carboxylic acids is 1. The first-order chi connectivity index (χ1) is 17.9. The van der Waals surface area contributed by atoms with Crippen LogP contribution in [0.4, 0.5) is 11.4 Å². The van der Waals surface area contributed by atoms with Crippen molar-refractivity contribution >= 4 is 27.3 Å². The van der Waals surface area contributed by atoms with Crippen molar-refractivity contribution in [2.24, 2.45) is 11.8 Å². The number of hydrogen-bond donors (Lipinski definition) is 2. The largest absolute Gasteiger partial charge is 0.477 e. The van der Waals surface area contributed by atoms with Gasteiger partial charge in [0.2, 0.25) is 21.8 Å². The van der Waals surface area contributed by atoms with E-state index in [1.54, 1.807) is 30.7 Å². The summed E-state index contributed by atoms with van der Waals surface area (Å²) < 4.78 is 33.1. The molecule has 3 aliphatic rings.